The molecule has 1 aromatic rings. The van der Waals surface area contributed by atoms with Crippen LogP contribution in [0.2, 0.25) is 0 Å². The minimum atomic E-state index is 0.00390. The first kappa shape index (κ1) is 15.3. The van der Waals surface area contributed by atoms with Crippen LogP contribution in [0.1, 0.15) is 25.7 Å². The van der Waals surface area contributed by atoms with Gasteiger partial charge in [0.2, 0.25) is 5.91 Å². The quantitative estimate of drug-likeness (QED) is 0.763. The van der Waals surface area contributed by atoms with Gasteiger partial charge in [0.15, 0.2) is 0 Å². The molecule has 0 saturated heterocycles. The Hall–Kier alpha value is -1.07. The summed E-state index contributed by atoms with van der Waals surface area (Å²) in [4.78, 5) is 11.7. The largest absolute Gasteiger partial charge is 0.493 e. The number of halogens is 1. The fraction of sp³-hybridized carbons (Fsp3) is 0.533. The zero-order valence-electron chi connectivity index (χ0n) is 11.4. The molecule has 2 rings (SSSR count). The van der Waals surface area contributed by atoms with Crippen LogP contribution in [0.15, 0.2) is 28.7 Å². The van der Waals surface area contributed by atoms with Gasteiger partial charge in [-0.25, -0.2) is 0 Å². The van der Waals surface area contributed by atoms with Crippen LogP contribution < -0.4 is 10.1 Å². The molecule has 1 fully saturated rings. The third kappa shape index (κ3) is 4.80. The number of carbonyl (C=O) groups is 1. The van der Waals surface area contributed by atoms with Gasteiger partial charge in [0.1, 0.15) is 5.75 Å². The van der Waals surface area contributed by atoms with E-state index in [9.17, 15) is 4.79 Å². The van der Waals surface area contributed by atoms with Gasteiger partial charge in [-0.1, -0.05) is 22.0 Å². The number of amides is 1. The summed E-state index contributed by atoms with van der Waals surface area (Å²) in [6.07, 6.45) is 3.33. The van der Waals surface area contributed by atoms with Crippen LogP contribution in [0.3, 0.4) is 0 Å². The Morgan fingerprint density at radius 3 is 2.90 bits per heavy atom. The van der Waals surface area contributed by atoms with Crippen LogP contribution >= 0.6 is 15.9 Å². The monoisotopic (exact) mass is 341 g/mol. The van der Waals surface area contributed by atoms with Crippen molar-refractivity contribution in [2.45, 2.75) is 25.7 Å². The molecular formula is C15H20BrNO3. The predicted molar refractivity (Wildman–Crippen MR) is 80.6 cm³/mol. The van der Waals surface area contributed by atoms with Gasteiger partial charge >= 0.3 is 0 Å². The molecular weight excluding hydrogens is 322 g/mol. The number of ether oxygens (including phenoxy) is 1. The summed E-state index contributed by atoms with van der Waals surface area (Å²) >= 11 is 3.37. The molecule has 20 heavy (non-hydrogen) atoms. The first-order valence-corrected chi connectivity index (χ1v) is 7.69. The lowest BCUT2D eigenvalue weighted by Crippen LogP contribution is -2.31. The number of rotatable bonds is 8. The van der Waals surface area contributed by atoms with Crippen LogP contribution in [-0.2, 0) is 4.79 Å². The summed E-state index contributed by atoms with van der Waals surface area (Å²) in [5.41, 5.74) is 0.162. The molecule has 0 unspecified atom stereocenters. The Labute approximate surface area is 127 Å². The molecule has 0 radical (unpaired) electrons. The Morgan fingerprint density at radius 2 is 2.25 bits per heavy atom. The highest BCUT2D eigenvalue weighted by molar-refractivity contribution is 9.10. The average molecular weight is 342 g/mol. The number of aliphatic hydroxyl groups excluding tert-OH is 1. The van der Waals surface area contributed by atoms with Crippen LogP contribution in [-0.4, -0.2) is 30.8 Å². The van der Waals surface area contributed by atoms with Crippen molar-refractivity contribution in [3.63, 3.8) is 0 Å². The number of nitrogens with one attached hydrogen (secondary N) is 1. The van der Waals surface area contributed by atoms with E-state index in [1.54, 1.807) is 0 Å². The first-order chi connectivity index (χ1) is 9.63. The van der Waals surface area contributed by atoms with E-state index < -0.39 is 0 Å². The maximum absolute atomic E-state index is 11.7. The normalized spacial score (nSPS) is 15.7. The molecule has 0 bridgehead atoms. The second-order valence-electron chi connectivity index (χ2n) is 5.31. The van der Waals surface area contributed by atoms with Crippen molar-refractivity contribution in [3.8, 4) is 5.75 Å². The Balaban J connectivity index is 1.63. The summed E-state index contributed by atoms with van der Waals surface area (Å²) in [5.74, 6) is 0.760. The van der Waals surface area contributed by atoms with Gasteiger partial charge in [0, 0.05) is 17.6 Å². The van der Waals surface area contributed by atoms with Crippen molar-refractivity contribution >= 4 is 21.8 Å². The van der Waals surface area contributed by atoms with E-state index in [0.29, 0.717) is 19.6 Å². The van der Waals surface area contributed by atoms with Gasteiger partial charge in [0.05, 0.1) is 13.0 Å². The molecule has 1 aliphatic rings. The van der Waals surface area contributed by atoms with E-state index in [4.69, 9.17) is 9.84 Å². The lowest BCUT2D eigenvalue weighted by molar-refractivity contribution is -0.121. The van der Waals surface area contributed by atoms with Crippen molar-refractivity contribution in [3.05, 3.63) is 28.7 Å². The maximum atomic E-state index is 11.7. The first-order valence-electron chi connectivity index (χ1n) is 6.89. The lowest BCUT2D eigenvalue weighted by Gasteiger charge is -2.14. The number of hydrogen-bond acceptors (Lipinski definition) is 3. The smallest absolute Gasteiger partial charge is 0.223 e. The number of hydrogen-bond donors (Lipinski definition) is 2. The van der Waals surface area contributed by atoms with Crippen molar-refractivity contribution in [2.24, 2.45) is 5.41 Å². The van der Waals surface area contributed by atoms with Crippen molar-refractivity contribution in [1.82, 2.24) is 5.32 Å². The minimum absolute atomic E-state index is 0.00390. The molecule has 0 atom stereocenters. The third-order valence-electron chi connectivity index (χ3n) is 3.65. The van der Waals surface area contributed by atoms with E-state index in [-0.39, 0.29) is 17.9 Å². The van der Waals surface area contributed by atoms with Crippen LogP contribution in [0, 0.1) is 5.41 Å². The van der Waals surface area contributed by atoms with E-state index >= 15 is 0 Å². The molecule has 4 nitrogen and oxygen atoms in total. The Kier molecular flexibility index (Phi) is 5.43. The van der Waals surface area contributed by atoms with Gasteiger partial charge in [0.25, 0.3) is 0 Å². The molecule has 0 spiro atoms. The summed E-state index contributed by atoms with van der Waals surface area (Å²) < 4.78 is 6.48. The number of aliphatic hydroxyl groups is 1. The van der Waals surface area contributed by atoms with Crippen LogP contribution in [0.5, 0.6) is 5.75 Å². The molecule has 110 valence electrons. The maximum Gasteiger partial charge on any atom is 0.223 e. The van der Waals surface area contributed by atoms with Gasteiger partial charge < -0.3 is 15.2 Å². The number of carbonyl (C=O) groups excluding carboxylic acids is 1. The molecule has 0 aromatic heterocycles. The highest BCUT2D eigenvalue weighted by Crippen LogP contribution is 2.47. The fourth-order valence-electron chi connectivity index (χ4n) is 2.12. The van der Waals surface area contributed by atoms with Crippen molar-refractivity contribution in [1.29, 1.82) is 0 Å². The van der Waals surface area contributed by atoms with Gasteiger partial charge in [-0.2, -0.15) is 0 Å². The predicted octanol–water partition coefficient (Wildman–Crippen LogP) is 2.50. The molecule has 1 saturated carbocycles. The van der Waals surface area contributed by atoms with E-state index in [2.05, 4.69) is 21.2 Å². The van der Waals surface area contributed by atoms with Crippen molar-refractivity contribution < 1.29 is 14.6 Å². The van der Waals surface area contributed by atoms with Gasteiger partial charge in [-0.3, -0.25) is 4.79 Å². The van der Waals surface area contributed by atoms with Crippen LogP contribution in [0.25, 0.3) is 0 Å². The highest BCUT2D eigenvalue weighted by Gasteiger charge is 2.41. The second-order valence-corrected chi connectivity index (χ2v) is 6.22. The summed E-state index contributed by atoms with van der Waals surface area (Å²) in [6.45, 7) is 1.24. The molecule has 0 aliphatic heterocycles. The molecule has 0 heterocycles. The van der Waals surface area contributed by atoms with E-state index in [1.807, 2.05) is 24.3 Å². The van der Waals surface area contributed by atoms with E-state index in [0.717, 1.165) is 29.5 Å². The Morgan fingerprint density at radius 1 is 1.45 bits per heavy atom. The molecule has 1 aliphatic carbocycles. The Bertz CT molecular complexity index is 460. The molecule has 1 aromatic carbocycles. The topological polar surface area (TPSA) is 58.6 Å². The SMILES string of the molecule is O=C(CCOc1cccc(Br)c1)NCC1(CCO)CC1. The third-order valence-corrected chi connectivity index (χ3v) is 4.15. The highest BCUT2D eigenvalue weighted by atomic mass is 79.9. The fourth-order valence-corrected chi connectivity index (χ4v) is 2.50. The zero-order valence-corrected chi connectivity index (χ0v) is 13.0. The lowest BCUT2D eigenvalue weighted by atomic mass is 10.0. The summed E-state index contributed by atoms with van der Waals surface area (Å²) in [5, 5.41) is 11.9. The summed E-state index contributed by atoms with van der Waals surface area (Å²) in [6, 6.07) is 7.56. The minimum Gasteiger partial charge on any atom is -0.493 e. The van der Waals surface area contributed by atoms with Crippen LogP contribution in [0.4, 0.5) is 0 Å². The number of benzene rings is 1. The standard InChI is InChI=1S/C15H20BrNO3/c16-12-2-1-3-13(10-12)20-9-4-14(19)17-11-15(5-6-15)7-8-18/h1-3,10,18H,4-9,11H2,(H,17,19). The molecule has 1 amide bonds. The molecule has 5 heteroatoms. The second kappa shape index (κ2) is 7.09. The van der Waals surface area contributed by atoms with Gasteiger partial charge in [-0.15, -0.1) is 0 Å². The van der Waals surface area contributed by atoms with Crippen molar-refractivity contribution in [2.75, 3.05) is 19.8 Å². The van der Waals surface area contributed by atoms with Gasteiger partial charge in [-0.05, 0) is 42.9 Å². The average Bonchev–Trinajstić information content (AvgIpc) is 3.17. The summed E-state index contributed by atoms with van der Waals surface area (Å²) in [7, 11) is 0. The van der Waals surface area contributed by atoms with E-state index in [1.165, 1.54) is 0 Å². The molecule has 2 N–H and O–H groups in total. The zero-order chi connectivity index (χ0) is 14.4.